The minimum Gasteiger partial charge on any atom is -0.339 e. The quantitative estimate of drug-likeness (QED) is 0.741. The molecular weight excluding hydrogens is 326 g/mol. The first kappa shape index (κ1) is 16.9. The zero-order valence-corrected chi connectivity index (χ0v) is 13.6. The molecule has 0 spiro atoms. The van der Waals surface area contributed by atoms with Crippen LogP contribution in [0.3, 0.4) is 0 Å². The van der Waals surface area contributed by atoms with Crippen molar-refractivity contribution in [3.8, 4) is 0 Å². The van der Waals surface area contributed by atoms with Crippen LogP contribution in [0.5, 0.6) is 0 Å². The van der Waals surface area contributed by atoms with Gasteiger partial charge in [-0.15, -0.1) is 0 Å². The lowest BCUT2D eigenvalue weighted by atomic mass is 10.1. The molecule has 2 aromatic rings. The number of unbranched alkanes of at least 4 members (excludes halogenated alkanes) is 2. The van der Waals surface area contributed by atoms with Crippen LogP contribution in [0, 0.1) is 0 Å². The van der Waals surface area contributed by atoms with Crippen molar-refractivity contribution in [3.05, 3.63) is 46.6 Å². The van der Waals surface area contributed by atoms with Gasteiger partial charge in [-0.3, -0.25) is 0 Å². The fourth-order valence-corrected chi connectivity index (χ4v) is 2.84. The van der Waals surface area contributed by atoms with E-state index in [4.69, 9.17) is 21.3 Å². The van der Waals surface area contributed by atoms with E-state index >= 15 is 0 Å². The first-order chi connectivity index (χ1) is 10.4. The number of primary sulfonamides is 1. The number of aromatic nitrogens is 2. The average molecular weight is 344 g/mol. The molecule has 2 N–H and O–H groups in total. The van der Waals surface area contributed by atoms with Gasteiger partial charge in [-0.1, -0.05) is 41.4 Å². The summed E-state index contributed by atoms with van der Waals surface area (Å²) in [6, 6.07) is 7.53. The maximum atomic E-state index is 10.8. The van der Waals surface area contributed by atoms with Crippen LogP contribution >= 0.6 is 11.6 Å². The normalized spacial score (nSPS) is 11.7. The van der Waals surface area contributed by atoms with Crippen LogP contribution in [-0.2, 0) is 22.9 Å². The molecule has 2 rings (SSSR count). The molecule has 0 fully saturated rings. The monoisotopic (exact) mass is 343 g/mol. The highest BCUT2D eigenvalue weighted by Gasteiger charge is 2.09. The zero-order valence-electron chi connectivity index (χ0n) is 12.0. The number of hydrogen-bond donors (Lipinski definition) is 1. The topological polar surface area (TPSA) is 99.1 Å². The number of nitrogens with zero attached hydrogens (tertiary/aromatic N) is 2. The minimum absolute atomic E-state index is 0.00852. The molecule has 8 heteroatoms. The molecule has 0 aliphatic heterocycles. The molecular formula is C14H18ClN3O3S. The van der Waals surface area contributed by atoms with Crippen LogP contribution in [0.25, 0.3) is 0 Å². The van der Waals surface area contributed by atoms with E-state index in [-0.39, 0.29) is 5.75 Å². The van der Waals surface area contributed by atoms with Gasteiger partial charge in [0.1, 0.15) is 0 Å². The van der Waals surface area contributed by atoms with Crippen LogP contribution in [0.1, 0.15) is 36.5 Å². The summed E-state index contributed by atoms with van der Waals surface area (Å²) in [5.74, 6) is 1.15. The van der Waals surface area contributed by atoms with E-state index < -0.39 is 10.0 Å². The highest BCUT2D eigenvalue weighted by molar-refractivity contribution is 7.89. The predicted molar refractivity (Wildman–Crippen MR) is 84.1 cm³/mol. The van der Waals surface area contributed by atoms with Crippen molar-refractivity contribution in [2.45, 2.75) is 32.1 Å². The van der Waals surface area contributed by atoms with Gasteiger partial charge in [-0.05, 0) is 24.5 Å². The molecule has 0 aliphatic rings. The Morgan fingerprint density at radius 1 is 1.18 bits per heavy atom. The summed E-state index contributed by atoms with van der Waals surface area (Å²) in [6.07, 6.45) is 3.22. The Morgan fingerprint density at radius 3 is 2.68 bits per heavy atom. The molecule has 0 saturated carbocycles. The van der Waals surface area contributed by atoms with Crippen molar-refractivity contribution in [1.82, 2.24) is 10.1 Å². The summed E-state index contributed by atoms with van der Waals surface area (Å²) in [7, 11) is -3.37. The molecule has 1 heterocycles. The van der Waals surface area contributed by atoms with Crippen molar-refractivity contribution >= 4 is 21.6 Å². The summed E-state index contributed by atoms with van der Waals surface area (Å²) in [5, 5.41) is 9.55. The summed E-state index contributed by atoms with van der Waals surface area (Å²) >= 11 is 6.09. The summed E-state index contributed by atoms with van der Waals surface area (Å²) in [4.78, 5) is 4.31. The second kappa shape index (κ2) is 7.71. The van der Waals surface area contributed by atoms with E-state index in [1.54, 1.807) is 0 Å². The Balaban J connectivity index is 1.78. The van der Waals surface area contributed by atoms with Gasteiger partial charge in [0.25, 0.3) is 0 Å². The molecule has 120 valence electrons. The highest BCUT2D eigenvalue weighted by Crippen LogP contribution is 2.18. The van der Waals surface area contributed by atoms with E-state index in [0.29, 0.717) is 36.0 Å². The molecule has 1 aromatic heterocycles. The van der Waals surface area contributed by atoms with Crippen molar-refractivity contribution in [1.29, 1.82) is 0 Å². The fourth-order valence-electron chi connectivity index (χ4n) is 2.03. The standard InChI is InChI=1S/C14H18ClN3O3S/c15-12-7-4-3-6-11(12)10-13-17-14(21-18-13)8-2-1-5-9-22(16,19)20/h3-4,6-7H,1-2,5,8-10H2,(H2,16,19,20). The molecule has 22 heavy (non-hydrogen) atoms. The second-order valence-electron chi connectivity index (χ2n) is 5.05. The maximum absolute atomic E-state index is 10.8. The lowest BCUT2D eigenvalue weighted by Gasteiger charge is -1.99. The highest BCUT2D eigenvalue weighted by atomic mass is 35.5. The smallest absolute Gasteiger partial charge is 0.226 e. The van der Waals surface area contributed by atoms with Crippen LogP contribution in [0.15, 0.2) is 28.8 Å². The van der Waals surface area contributed by atoms with E-state index in [0.717, 1.165) is 18.4 Å². The van der Waals surface area contributed by atoms with Gasteiger partial charge >= 0.3 is 0 Å². The first-order valence-electron chi connectivity index (χ1n) is 6.99. The third-order valence-corrected chi connectivity index (χ3v) is 4.36. The number of aryl methyl sites for hydroxylation is 1. The number of benzene rings is 1. The van der Waals surface area contributed by atoms with Crippen molar-refractivity contribution in [2.24, 2.45) is 5.14 Å². The van der Waals surface area contributed by atoms with Crippen molar-refractivity contribution < 1.29 is 12.9 Å². The molecule has 0 saturated heterocycles. The van der Waals surface area contributed by atoms with Gasteiger partial charge in [0.05, 0.1) is 5.75 Å². The second-order valence-corrected chi connectivity index (χ2v) is 7.19. The van der Waals surface area contributed by atoms with Crippen LogP contribution in [0.4, 0.5) is 0 Å². The van der Waals surface area contributed by atoms with E-state index in [2.05, 4.69) is 10.1 Å². The Morgan fingerprint density at radius 2 is 1.95 bits per heavy atom. The van der Waals surface area contributed by atoms with Crippen LogP contribution < -0.4 is 5.14 Å². The predicted octanol–water partition coefficient (Wildman–Crippen LogP) is 2.32. The summed E-state index contributed by atoms with van der Waals surface area (Å²) in [6.45, 7) is 0. The van der Waals surface area contributed by atoms with Crippen molar-refractivity contribution in [3.63, 3.8) is 0 Å². The molecule has 0 radical (unpaired) electrons. The Kier molecular flexibility index (Phi) is 5.93. The van der Waals surface area contributed by atoms with Crippen LogP contribution in [0.2, 0.25) is 5.02 Å². The number of rotatable bonds is 8. The first-order valence-corrected chi connectivity index (χ1v) is 9.09. The Labute approximate surface area is 134 Å². The molecule has 6 nitrogen and oxygen atoms in total. The molecule has 1 aromatic carbocycles. The molecule has 0 unspecified atom stereocenters. The number of nitrogens with two attached hydrogens (primary N) is 1. The Hall–Kier alpha value is -1.44. The summed E-state index contributed by atoms with van der Waals surface area (Å²) in [5.41, 5.74) is 0.949. The minimum atomic E-state index is -3.37. The van der Waals surface area contributed by atoms with E-state index in [1.165, 1.54) is 0 Å². The van der Waals surface area contributed by atoms with Crippen molar-refractivity contribution in [2.75, 3.05) is 5.75 Å². The van der Waals surface area contributed by atoms with Gasteiger partial charge in [-0.25, -0.2) is 13.6 Å². The van der Waals surface area contributed by atoms with Gasteiger partial charge in [0, 0.05) is 17.9 Å². The van der Waals surface area contributed by atoms with Gasteiger partial charge < -0.3 is 4.52 Å². The van der Waals surface area contributed by atoms with Gasteiger partial charge in [0.2, 0.25) is 15.9 Å². The molecule has 0 bridgehead atoms. The zero-order chi connectivity index (χ0) is 16.0. The fraction of sp³-hybridized carbons (Fsp3) is 0.429. The largest absolute Gasteiger partial charge is 0.339 e. The lowest BCUT2D eigenvalue weighted by Crippen LogP contribution is -2.16. The third-order valence-electron chi connectivity index (χ3n) is 3.14. The number of halogens is 1. The summed E-state index contributed by atoms with van der Waals surface area (Å²) < 4.78 is 26.8. The molecule has 0 aliphatic carbocycles. The van der Waals surface area contributed by atoms with Crippen LogP contribution in [-0.4, -0.2) is 24.3 Å². The number of hydrogen-bond acceptors (Lipinski definition) is 5. The third kappa shape index (κ3) is 5.75. The van der Waals surface area contributed by atoms with E-state index in [1.807, 2.05) is 24.3 Å². The van der Waals surface area contributed by atoms with E-state index in [9.17, 15) is 8.42 Å². The molecule has 0 amide bonds. The van der Waals surface area contributed by atoms with Gasteiger partial charge in [0.15, 0.2) is 5.82 Å². The SMILES string of the molecule is NS(=O)(=O)CCCCCc1nc(Cc2ccccc2Cl)no1. The van der Waals surface area contributed by atoms with Gasteiger partial charge in [-0.2, -0.15) is 4.98 Å². The average Bonchev–Trinajstić information content (AvgIpc) is 2.87. The Bertz CT molecular complexity index is 716. The maximum Gasteiger partial charge on any atom is 0.226 e. The lowest BCUT2D eigenvalue weighted by molar-refractivity contribution is 0.370. The number of sulfonamides is 1. The molecule has 0 atom stereocenters.